The fourth-order valence-corrected chi connectivity index (χ4v) is 4.68. The monoisotopic (exact) mass is 540 g/mol. The van der Waals surface area contributed by atoms with Crippen LogP contribution in [0.1, 0.15) is 64.9 Å². The zero-order valence-corrected chi connectivity index (χ0v) is 22.9. The highest BCUT2D eigenvalue weighted by molar-refractivity contribution is 5.87. The van der Waals surface area contributed by atoms with Crippen molar-refractivity contribution in [3.05, 3.63) is 38.5 Å². The van der Waals surface area contributed by atoms with Crippen molar-refractivity contribution in [3.8, 4) is 0 Å². The number of ether oxygens (including phenoxy) is 1. The molecule has 3 heterocycles. The Morgan fingerprint density at radius 2 is 1.85 bits per heavy atom. The predicted molar refractivity (Wildman–Crippen MR) is 147 cm³/mol. The molecule has 1 atom stereocenters. The third-order valence-electron chi connectivity index (χ3n) is 6.65. The minimum Gasteiger partial charge on any atom is -0.481 e. The summed E-state index contributed by atoms with van der Waals surface area (Å²) in [5.41, 5.74) is 1.45. The highest BCUT2D eigenvalue weighted by atomic mass is 16.6. The number of nitrogens with one attached hydrogen (secondary N) is 2. The molecule has 210 valence electrons. The molecule has 3 N–H and O–H groups in total. The van der Waals surface area contributed by atoms with Crippen LogP contribution in [0.3, 0.4) is 0 Å². The van der Waals surface area contributed by atoms with E-state index >= 15 is 0 Å². The lowest BCUT2D eigenvalue weighted by Gasteiger charge is -2.24. The number of aliphatic carboxylic acids is 1. The first-order valence-electron chi connectivity index (χ1n) is 13.3. The van der Waals surface area contributed by atoms with Crippen LogP contribution in [0, 0.1) is 6.92 Å². The Morgan fingerprint density at radius 3 is 2.56 bits per heavy atom. The van der Waals surface area contributed by atoms with E-state index < -0.39 is 22.8 Å². The van der Waals surface area contributed by atoms with Gasteiger partial charge in [-0.1, -0.05) is 12.8 Å². The van der Waals surface area contributed by atoms with Crippen LogP contribution >= 0.6 is 0 Å². The van der Waals surface area contributed by atoms with Crippen molar-refractivity contribution in [1.82, 2.24) is 24.4 Å². The van der Waals surface area contributed by atoms with Crippen LogP contribution in [0.15, 0.2) is 21.7 Å². The van der Waals surface area contributed by atoms with Crippen molar-refractivity contribution in [2.24, 2.45) is 0 Å². The van der Waals surface area contributed by atoms with Gasteiger partial charge in [-0.3, -0.25) is 19.1 Å². The molecule has 0 saturated carbocycles. The topological polar surface area (TPSA) is 160 Å². The van der Waals surface area contributed by atoms with E-state index in [4.69, 9.17) is 9.84 Å². The van der Waals surface area contributed by atoms with Gasteiger partial charge in [0.15, 0.2) is 11.2 Å². The average Bonchev–Trinajstić information content (AvgIpc) is 3.30. The van der Waals surface area contributed by atoms with E-state index in [9.17, 15) is 19.2 Å². The lowest BCUT2D eigenvalue weighted by Crippen LogP contribution is -2.36. The summed E-state index contributed by atoms with van der Waals surface area (Å²) in [5.74, 6) is -0.829. The second-order valence-electron chi connectivity index (χ2n) is 11.1. The number of anilines is 1. The largest absolute Gasteiger partial charge is 0.481 e. The van der Waals surface area contributed by atoms with Gasteiger partial charge in [-0.25, -0.2) is 19.6 Å². The Morgan fingerprint density at radius 1 is 1.13 bits per heavy atom. The first kappa shape index (κ1) is 28.1. The second kappa shape index (κ2) is 11.4. The van der Waals surface area contributed by atoms with Gasteiger partial charge >= 0.3 is 17.8 Å². The highest BCUT2D eigenvalue weighted by Crippen LogP contribution is 2.25. The quantitative estimate of drug-likeness (QED) is 0.273. The van der Waals surface area contributed by atoms with Gasteiger partial charge < -0.3 is 20.1 Å². The molecule has 4 rings (SSSR count). The molecule has 0 radical (unpaired) electrons. The number of aromatic nitrogens is 4. The van der Waals surface area contributed by atoms with Crippen LogP contribution in [0.25, 0.3) is 22.2 Å². The van der Waals surface area contributed by atoms with Gasteiger partial charge in [0.25, 0.3) is 5.56 Å². The summed E-state index contributed by atoms with van der Waals surface area (Å²) in [6.07, 6.45) is 3.13. The van der Waals surface area contributed by atoms with Gasteiger partial charge in [0, 0.05) is 37.8 Å². The Balaban J connectivity index is 1.49. The number of carbonyl (C=O) groups excluding carboxylic acids is 1. The average molecular weight is 541 g/mol. The summed E-state index contributed by atoms with van der Waals surface area (Å²) in [6.45, 7) is 8.80. The fourth-order valence-electron chi connectivity index (χ4n) is 4.68. The minimum absolute atomic E-state index is 0.0400. The summed E-state index contributed by atoms with van der Waals surface area (Å²) >= 11 is 0. The van der Waals surface area contributed by atoms with Crippen LogP contribution < -0.4 is 16.6 Å². The molecule has 0 unspecified atom stereocenters. The number of carboxylic acid groups (broad SMARTS) is 1. The van der Waals surface area contributed by atoms with Gasteiger partial charge in [0.1, 0.15) is 5.60 Å². The molecule has 1 aromatic carbocycles. The molecule has 0 spiro atoms. The second-order valence-corrected chi connectivity index (χ2v) is 11.1. The number of rotatable bonds is 9. The zero-order valence-electron chi connectivity index (χ0n) is 22.9. The number of nitrogens with zero attached hydrogens (tertiary/aromatic N) is 4. The molecule has 12 nitrogen and oxygen atoms in total. The van der Waals surface area contributed by atoms with Crippen molar-refractivity contribution in [2.75, 3.05) is 18.4 Å². The molecule has 39 heavy (non-hydrogen) atoms. The van der Waals surface area contributed by atoms with E-state index in [1.807, 2.05) is 39.8 Å². The van der Waals surface area contributed by atoms with Gasteiger partial charge in [0.05, 0.1) is 11.0 Å². The molecule has 0 bridgehead atoms. The van der Waals surface area contributed by atoms with E-state index in [0.717, 1.165) is 22.2 Å². The molecule has 1 aliphatic heterocycles. The maximum absolute atomic E-state index is 13.1. The van der Waals surface area contributed by atoms with E-state index in [2.05, 4.69) is 20.3 Å². The Kier molecular flexibility index (Phi) is 8.22. The van der Waals surface area contributed by atoms with E-state index in [-0.39, 0.29) is 36.3 Å². The minimum atomic E-state index is -0.829. The van der Waals surface area contributed by atoms with Crippen LogP contribution in [0.4, 0.5) is 10.5 Å². The molecule has 0 aliphatic carbocycles. The maximum atomic E-state index is 13.1. The highest BCUT2D eigenvalue weighted by Gasteiger charge is 2.30. The number of likely N-dealkylation sites (tertiary alicyclic amines) is 1. The number of H-pyrrole nitrogens is 1. The maximum Gasteiger partial charge on any atom is 0.410 e. The normalized spacial score (nSPS) is 15.7. The van der Waals surface area contributed by atoms with Crippen molar-refractivity contribution in [3.63, 3.8) is 0 Å². The van der Waals surface area contributed by atoms with Crippen molar-refractivity contribution >= 4 is 39.9 Å². The van der Waals surface area contributed by atoms with E-state index in [0.29, 0.717) is 49.8 Å². The van der Waals surface area contributed by atoms with Crippen molar-refractivity contribution in [2.45, 2.75) is 84.4 Å². The molecule has 1 aliphatic rings. The third-order valence-corrected chi connectivity index (χ3v) is 6.65. The molecule has 12 heteroatoms. The van der Waals surface area contributed by atoms with Crippen LogP contribution in [-0.4, -0.2) is 66.3 Å². The number of hydrogen-bond donors (Lipinski definition) is 3. The van der Waals surface area contributed by atoms with Gasteiger partial charge in [0.2, 0.25) is 0 Å². The standard InChI is InChI=1S/C27H36N6O6/c1-16-13-19-20(14-18(16)28-17-10-12-32(15-17)26(38)39-27(2,3)4)30-23-22(29-19)24(36)33(25(37)31-23)11-8-6-5-7-9-21(34)35/h13-14,17,28H,5-12,15H2,1-4H3,(H,34,35)(H,30,31,37)/t17-/m1/s1. The number of fused-ring (bicyclic) bond motifs is 2. The summed E-state index contributed by atoms with van der Waals surface area (Å²) in [4.78, 5) is 62.2. The number of amides is 1. The number of aryl methyl sites for hydroxylation is 1. The van der Waals surface area contributed by atoms with Crippen LogP contribution in [0.5, 0.6) is 0 Å². The van der Waals surface area contributed by atoms with Crippen molar-refractivity contribution in [1.29, 1.82) is 0 Å². The van der Waals surface area contributed by atoms with Crippen LogP contribution in [0.2, 0.25) is 0 Å². The number of carbonyl (C=O) groups is 2. The Labute approximate surface area is 225 Å². The number of carboxylic acids is 1. The summed E-state index contributed by atoms with van der Waals surface area (Å²) in [7, 11) is 0. The molecular formula is C27H36N6O6. The predicted octanol–water partition coefficient (Wildman–Crippen LogP) is 3.40. The van der Waals surface area contributed by atoms with Gasteiger partial charge in [-0.05, 0) is 64.7 Å². The number of hydrogen-bond acceptors (Lipinski definition) is 8. The summed E-state index contributed by atoms with van der Waals surface area (Å²) in [6, 6.07) is 3.73. The first-order chi connectivity index (χ1) is 18.4. The SMILES string of the molecule is Cc1cc2nc3c(=O)n(CCCCCCC(=O)O)c(=O)[nH]c3nc2cc1N[C@@H]1CCN(C(=O)OC(C)(C)C)C1. The molecule has 1 amide bonds. The van der Waals surface area contributed by atoms with Crippen molar-refractivity contribution < 1.29 is 19.4 Å². The Bertz CT molecular complexity index is 1510. The van der Waals surface area contributed by atoms with E-state index in [1.165, 1.54) is 0 Å². The van der Waals surface area contributed by atoms with Gasteiger partial charge in [-0.2, -0.15) is 0 Å². The molecule has 3 aromatic rings. The number of unbranched alkanes of at least 4 members (excludes halogenated alkanes) is 3. The van der Waals surface area contributed by atoms with E-state index in [1.54, 1.807) is 4.90 Å². The number of aromatic amines is 1. The lowest BCUT2D eigenvalue weighted by molar-refractivity contribution is -0.137. The number of benzene rings is 1. The first-order valence-corrected chi connectivity index (χ1v) is 13.3. The van der Waals surface area contributed by atoms with Crippen LogP contribution in [-0.2, 0) is 16.1 Å². The molecule has 1 saturated heterocycles. The lowest BCUT2D eigenvalue weighted by atomic mass is 10.1. The fraction of sp³-hybridized carbons (Fsp3) is 0.556. The summed E-state index contributed by atoms with van der Waals surface area (Å²) < 4.78 is 6.60. The van der Waals surface area contributed by atoms with Gasteiger partial charge in [-0.15, -0.1) is 0 Å². The summed E-state index contributed by atoms with van der Waals surface area (Å²) in [5, 5.41) is 12.2. The molecular weight excluding hydrogens is 504 g/mol. The molecule has 1 fully saturated rings. The smallest absolute Gasteiger partial charge is 0.410 e. The zero-order chi connectivity index (χ0) is 28.3. The third kappa shape index (κ3) is 6.92. The Hall–Kier alpha value is -3.96. The molecule has 2 aromatic heterocycles.